The van der Waals surface area contributed by atoms with E-state index in [4.69, 9.17) is 11.6 Å². The van der Waals surface area contributed by atoms with Gasteiger partial charge in [-0.15, -0.1) is 11.6 Å². The number of nitrogens with zero attached hydrogens (tertiary/aromatic N) is 2. The van der Waals surface area contributed by atoms with Crippen LogP contribution in [0.15, 0.2) is 0 Å². The Kier molecular flexibility index (Phi) is 6.90. The number of carbonyl (C=O) groups is 1. The van der Waals surface area contributed by atoms with E-state index in [9.17, 15) is 4.79 Å². The van der Waals surface area contributed by atoms with Crippen molar-refractivity contribution >= 4 is 17.5 Å². The number of carbonyl (C=O) groups excluding carboxylic acids is 1. The summed E-state index contributed by atoms with van der Waals surface area (Å²) in [6.45, 7) is 8.31. The van der Waals surface area contributed by atoms with Gasteiger partial charge in [0.05, 0.1) is 0 Å². The summed E-state index contributed by atoms with van der Waals surface area (Å²) >= 11 is 5.61. The molecular weight excluding hydrogens is 236 g/mol. The lowest BCUT2D eigenvalue weighted by molar-refractivity contribution is -0.133. The van der Waals surface area contributed by atoms with Gasteiger partial charge in [-0.2, -0.15) is 0 Å². The fourth-order valence-corrected chi connectivity index (χ4v) is 2.39. The summed E-state index contributed by atoms with van der Waals surface area (Å²) in [4.78, 5) is 16.4. The molecule has 1 unspecified atom stereocenters. The number of halogens is 1. The minimum absolute atomic E-state index is 0.305. The van der Waals surface area contributed by atoms with Crippen LogP contribution in [-0.4, -0.2) is 53.8 Å². The zero-order valence-corrected chi connectivity index (χ0v) is 11.9. The van der Waals surface area contributed by atoms with Crippen LogP contribution in [0, 0.1) is 0 Å². The summed E-state index contributed by atoms with van der Waals surface area (Å²) in [6, 6.07) is 0.642. The number of hydrogen-bond acceptors (Lipinski definition) is 2. The van der Waals surface area contributed by atoms with E-state index in [-0.39, 0.29) is 0 Å². The number of unbranched alkanes of at least 4 members (excludes halogenated alkanes) is 1. The third kappa shape index (κ3) is 4.84. The molecule has 3 nitrogen and oxygen atoms in total. The molecule has 1 atom stereocenters. The van der Waals surface area contributed by atoms with Gasteiger partial charge in [0, 0.05) is 44.5 Å². The third-order valence-electron chi connectivity index (χ3n) is 3.66. The van der Waals surface area contributed by atoms with Crippen LogP contribution >= 0.6 is 11.6 Å². The van der Waals surface area contributed by atoms with Crippen LogP contribution in [-0.2, 0) is 4.79 Å². The molecule has 1 saturated heterocycles. The highest BCUT2D eigenvalue weighted by Gasteiger charge is 2.22. The number of amides is 1. The Morgan fingerprint density at radius 2 is 1.88 bits per heavy atom. The van der Waals surface area contributed by atoms with Gasteiger partial charge < -0.3 is 4.90 Å². The molecule has 0 aromatic heterocycles. The second-order valence-corrected chi connectivity index (χ2v) is 5.20. The van der Waals surface area contributed by atoms with Gasteiger partial charge in [0.2, 0.25) is 5.91 Å². The first-order valence-electron chi connectivity index (χ1n) is 6.76. The molecule has 0 N–H and O–H groups in total. The van der Waals surface area contributed by atoms with Gasteiger partial charge in [-0.05, 0) is 26.2 Å². The van der Waals surface area contributed by atoms with Crippen LogP contribution in [0.1, 0.15) is 39.5 Å². The lowest BCUT2D eigenvalue weighted by Gasteiger charge is -2.37. The third-order valence-corrected chi connectivity index (χ3v) is 3.92. The van der Waals surface area contributed by atoms with Crippen molar-refractivity contribution in [1.29, 1.82) is 0 Å². The summed E-state index contributed by atoms with van der Waals surface area (Å²) < 4.78 is 0. The van der Waals surface area contributed by atoms with E-state index in [1.54, 1.807) is 0 Å². The van der Waals surface area contributed by atoms with Gasteiger partial charge in [-0.1, -0.05) is 6.92 Å². The fourth-order valence-electron chi connectivity index (χ4n) is 2.20. The lowest BCUT2D eigenvalue weighted by atomic mass is 10.1. The molecule has 1 rings (SSSR count). The van der Waals surface area contributed by atoms with E-state index in [2.05, 4.69) is 18.7 Å². The first-order chi connectivity index (χ1) is 8.19. The van der Waals surface area contributed by atoms with Gasteiger partial charge in [0.1, 0.15) is 0 Å². The molecule has 0 radical (unpaired) electrons. The van der Waals surface area contributed by atoms with E-state index >= 15 is 0 Å². The topological polar surface area (TPSA) is 23.6 Å². The Labute approximate surface area is 110 Å². The van der Waals surface area contributed by atoms with Crippen molar-refractivity contribution in [1.82, 2.24) is 9.80 Å². The number of alkyl halides is 1. The predicted molar refractivity (Wildman–Crippen MR) is 72.5 cm³/mol. The summed E-state index contributed by atoms with van der Waals surface area (Å²) in [5.41, 5.74) is 0. The maximum absolute atomic E-state index is 11.9. The molecule has 4 heteroatoms. The van der Waals surface area contributed by atoms with E-state index in [0.717, 1.165) is 39.0 Å². The highest BCUT2D eigenvalue weighted by molar-refractivity contribution is 6.17. The molecule has 1 aliphatic heterocycles. The quantitative estimate of drug-likeness (QED) is 0.541. The Bertz CT molecular complexity index is 227. The highest BCUT2D eigenvalue weighted by Crippen LogP contribution is 2.10. The smallest absolute Gasteiger partial charge is 0.222 e. The van der Waals surface area contributed by atoms with Crippen LogP contribution in [0.25, 0.3) is 0 Å². The second-order valence-electron chi connectivity index (χ2n) is 4.82. The molecular formula is C13H25ClN2O. The highest BCUT2D eigenvalue weighted by atomic mass is 35.5. The normalized spacial score (nSPS) is 19.4. The van der Waals surface area contributed by atoms with Crippen LogP contribution in [0.4, 0.5) is 0 Å². The average Bonchev–Trinajstić information content (AvgIpc) is 2.38. The maximum Gasteiger partial charge on any atom is 0.222 e. The Morgan fingerprint density at radius 1 is 1.24 bits per heavy atom. The number of piperazine rings is 1. The van der Waals surface area contributed by atoms with Crippen molar-refractivity contribution in [3.05, 3.63) is 0 Å². The summed E-state index contributed by atoms with van der Waals surface area (Å²) in [5, 5.41) is 0. The minimum atomic E-state index is 0.305. The van der Waals surface area contributed by atoms with Gasteiger partial charge in [-0.3, -0.25) is 9.69 Å². The molecule has 1 amide bonds. The van der Waals surface area contributed by atoms with Gasteiger partial charge in [0.15, 0.2) is 0 Å². The molecule has 17 heavy (non-hydrogen) atoms. The number of hydrogen-bond donors (Lipinski definition) is 0. The molecule has 0 aromatic rings. The Morgan fingerprint density at radius 3 is 2.41 bits per heavy atom. The Balaban J connectivity index is 2.24. The second kappa shape index (κ2) is 7.93. The van der Waals surface area contributed by atoms with E-state index < -0.39 is 0 Å². The van der Waals surface area contributed by atoms with E-state index in [1.807, 2.05) is 4.90 Å². The van der Waals surface area contributed by atoms with Crippen LogP contribution < -0.4 is 0 Å². The molecule has 0 aromatic carbocycles. The van der Waals surface area contributed by atoms with Gasteiger partial charge in [0.25, 0.3) is 0 Å². The molecule has 0 bridgehead atoms. The van der Waals surface area contributed by atoms with Crippen molar-refractivity contribution < 1.29 is 4.79 Å². The van der Waals surface area contributed by atoms with Crippen molar-refractivity contribution in [3.8, 4) is 0 Å². The van der Waals surface area contributed by atoms with Crippen LogP contribution in [0.5, 0.6) is 0 Å². The molecule has 0 aliphatic carbocycles. The molecule has 1 heterocycles. The van der Waals surface area contributed by atoms with E-state index in [0.29, 0.717) is 24.2 Å². The standard InChI is InChI=1S/C13H25ClN2O/c1-3-12(2)15-8-10-16(11-9-15)13(17)6-4-5-7-14/h12H,3-11H2,1-2H3. The van der Waals surface area contributed by atoms with Crippen LogP contribution in [0.3, 0.4) is 0 Å². The molecule has 0 saturated carbocycles. The molecule has 100 valence electrons. The Hall–Kier alpha value is -0.280. The summed E-state index contributed by atoms with van der Waals surface area (Å²) in [6.07, 6.45) is 3.72. The average molecular weight is 261 g/mol. The zero-order chi connectivity index (χ0) is 12.7. The van der Waals surface area contributed by atoms with Crippen LogP contribution in [0.2, 0.25) is 0 Å². The maximum atomic E-state index is 11.9. The fraction of sp³-hybridized carbons (Fsp3) is 0.923. The largest absolute Gasteiger partial charge is 0.340 e. The first-order valence-corrected chi connectivity index (χ1v) is 7.30. The zero-order valence-electron chi connectivity index (χ0n) is 11.1. The summed E-state index contributed by atoms with van der Waals surface area (Å²) in [5.74, 6) is 0.966. The monoisotopic (exact) mass is 260 g/mol. The lowest BCUT2D eigenvalue weighted by Crippen LogP contribution is -2.51. The van der Waals surface area contributed by atoms with Gasteiger partial charge in [-0.25, -0.2) is 0 Å². The number of rotatable bonds is 6. The van der Waals surface area contributed by atoms with Crippen molar-refractivity contribution in [2.45, 2.75) is 45.6 Å². The molecule has 0 spiro atoms. The van der Waals surface area contributed by atoms with Gasteiger partial charge >= 0.3 is 0 Å². The SMILES string of the molecule is CCC(C)N1CCN(C(=O)CCCCCl)CC1. The minimum Gasteiger partial charge on any atom is -0.340 e. The molecule has 1 fully saturated rings. The van der Waals surface area contributed by atoms with Crippen molar-refractivity contribution in [2.75, 3.05) is 32.1 Å². The predicted octanol–water partition coefficient (Wildman–Crippen LogP) is 2.34. The molecule has 1 aliphatic rings. The van der Waals surface area contributed by atoms with Crippen molar-refractivity contribution in [2.24, 2.45) is 0 Å². The summed E-state index contributed by atoms with van der Waals surface area (Å²) in [7, 11) is 0. The van der Waals surface area contributed by atoms with Crippen molar-refractivity contribution in [3.63, 3.8) is 0 Å². The first kappa shape index (κ1) is 14.8. The van der Waals surface area contributed by atoms with E-state index in [1.165, 1.54) is 6.42 Å².